The molecular formula is C23H30N2O3. The van der Waals surface area contributed by atoms with Crippen LogP contribution < -0.4 is 5.32 Å². The smallest absolute Gasteiger partial charge is 0.223 e. The van der Waals surface area contributed by atoms with Crippen LogP contribution in [0.4, 0.5) is 0 Å². The molecule has 2 aromatic rings. The first-order valence-corrected chi connectivity index (χ1v) is 10.0. The molecule has 0 unspecified atom stereocenters. The number of hydrogen-bond donors (Lipinski definition) is 3. The molecule has 2 atom stereocenters. The highest BCUT2D eigenvalue weighted by molar-refractivity contribution is 5.76. The van der Waals surface area contributed by atoms with Gasteiger partial charge in [-0.05, 0) is 36.9 Å². The van der Waals surface area contributed by atoms with Crippen LogP contribution in [0.15, 0.2) is 60.7 Å². The van der Waals surface area contributed by atoms with Crippen molar-refractivity contribution in [1.29, 1.82) is 0 Å². The number of aliphatic hydroxyl groups excluding tert-OH is 1. The fourth-order valence-electron chi connectivity index (χ4n) is 3.68. The van der Waals surface area contributed by atoms with E-state index < -0.39 is 11.7 Å². The molecule has 0 aliphatic carbocycles. The van der Waals surface area contributed by atoms with E-state index in [0.717, 1.165) is 12.0 Å². The Kier molecular flexibility index (Phi) is 7.20. The first-order valence-electron chi connectivity index (χ1n) is 10.0. The standard InChI is InChI=1S/C23H30N2O3/c26-21-14-16-25(22(27)12-11-19-7-3-1-4-8-19)18-23(21,28)17-24-15-13-20-9-5-2-6-10-20/h1-10,21,24,26,28H,11-18H2/t21-,23+/m0/s1. The van der Waals surface area contributed by atoms with Gasteiger partial charge in [0.05, 0.1) is 12.6 Å². The lowest BCUT2D eigenvalue weighted by Gasteiger charge is -2.43. The number of likely N-dealkylation sites (tertiary alicyclic amines) is 1. The zero-order valence-corrected chi connectivity index (χ0v) is 16.3. The number of hydrogen-bond acceptors (Lipinski definition) is 4. The summed E-state index contributed by atoms with van der Waals surface area (Å²) < 4.78 is 0. The highest BCUT2D eigenvalue weighted by atomic mass is 16.3. The number of carbonyl (C=O) groups excluding carboxylic acids is 1. The summed E-state index contributed by atoms with van der Waals surface area (Å²) in [5.41, 5.74) is 1.05. The summed E-state index contributed by atoms with van der Waals surface area (Å²) in [6, 6.07) is 20.1. The Morgan fingerprint density at radius 3 is 2.29 bits per heavy atom. The van der Waals surface area contributed by atoms with Gasteiger partial charge in [-0.15, -0.1) is 0 Å². The molecule has 0 aromatic heterocycles. The van der Waals surface area contributed by atoms with E-state index in [1.54, 1.807) is 4.90 Å². The summed E-state index contributed by atoms with van der Waals surface area (Å²) in [5.74, 6) is 0.0264. The fraction of sp³-hybridized carbons (Fsp3) is 0.435. The Balaban J connectivity index is 1.47. The van der Waals surface area contributed by atoms with Gasteiger partial charge in [-0.2, -0.15) is 0 Å². The Morgan fingerprint density at radius 2 is 1.64 bits per heavy atom. The van der Waals surface area contributed by atoms with Crippen LogP contribution in [0.25, 0.3) is 0 Å². The van der Waals surface area contributed by atoms with Crippen LogP contribution in [-0.4, -0.2) is 58.9 Å². The van der Waals surface area contributed by atoms with E-state index in [0.29, 0.717) is 32.4 Å². The minimum absolute atomic E-state index is 0.0264. The van der Waals surface area contributed by atoms with E-state index in [9.17, 15) is 15.0 Å². The van der Waals surface area contributed by atoms with Crippen LogP contribution in [0.1, 0.15) is 24.0 Å². The molecule has 5 heteroatoms. The molecule has 0 radical (unpaired) electrons. The van der Waals surface area contributed by atoms with Crippen molar-refractivity contribution in [2.24, 2.45) is 0 Å². The lowest BCUT2D eigenvalue weighted by atomic mass is 9.89. The largest absolute Gasteiger partial charge is 0.390 e. The van der Waals surface area contributed by atoms with Crippen LogP contribution in [0, 0.1) is 0 Å². The second-order valence-corrected chi connectivity index (χ2v) is 7.62. The van der Waals surface area contributed by atoms with E-state index in [-0.39, 0.29) is 19.0 Å². The molecule has 28 heavy (non-hydrogen) atoms. The summed E-state index contributed by atoms with van der Waals surface area (Å²) in [7, 11) is 0. The van der Waals surface area contributed by atoms with Gasteiger partial charge in [0.25, 0.3) is 0 Å². The van der Waals surface area contributed by atoms with Crippen LogP contribution in [0.3, 0.4) is 0 Å². The topological polar surface area (TPSA) is 72.8 Å². The third kappa shape index (κ3) is 5.64. The van der Waals surface area contributed by atoms with Crippen molar-refractivity contribution in [2.45, 2.75) is 37.4 Å². The van der Waals surface area contributed by atoms with Crippen LogP contribution in [0.2, 0.25) is 0 Å². The molecule has 150 valence electrons. The molecule has 5 nitrogen and oxygen atoms in total. The molecule has 1 amide bonds. The number of aliphatic hydroxyl groups is 2. The summed E-state index contributed by atoms with van der Waals surface area (Å²) >= 11 is 0. The second kappa shape index (κ2) is 9.82. The molecule has 0 spiro atoms. The third-order valence-corrected chi connectivity index (χ3v) is 5.44. The van der Waals surface area contributed by atoms with Gasteiger partial charge in [-0.25, -0.2) is 0 Å². The maximum absolute atomic E-state index is 12.6. The van der Waals surface area contributed by atoms with Crippen molar-refractivity contribution in [3.05, 3.63) is 71.8 Å². The Labute approximate surface area is 167 Å². The molecule has 1 fully saturated rings. The maximum Gasteiger partial charge on any atom is 0.223 e. The van der Waals surface area contributed by atoms with Crippen molar-refractivity contribution >= 4 is 5.91 Å². The molecule has 0 saturated carbocycles. The first kappa shape index (κ1) is 20.5. The average Bonchev–Trinajstić information content (AvgIpc) is 2.73. The van der Waals surface area contributed by atoms with Crippen molar-refractivity contribution in [3.8, 4) is 0 Å². The lowest BCUT2D eigenvalue weighted by molar-refractivity contribution is -0.150. The molecule has 2 aromatic carbocycles. The molecule has 1 aliphatic heterocycles. The van der Waals surface area contributed by atoms with E-state index in [4.69, 9.17) is 0 Å². The highest BCUT2D eigenvalue weighted by Gasteiger charge is 2.41. The van der Waals surface area contributed by atoms with Crippen molar-refractivity contribution in [3.63, 3.8) is 0 Å². The van der Waals surface area contributed by atoms with Crippen molar-refractivity contribution in [1.82, 2.24) is 10.2 Å². The number of piperidine rings is 1. The quantitative estimate of drug-likeness (QED) is 0.609. The Bertz CT molecular complexity index is 738. The number of carbonyl (C=O) groups is 1. The third-order valence-electron chi connectivity index (χ3n) is 5.44. The van der Waals surface area contributed by atoms with E-state index in [1.807, 2.05) is 48.5 Å². The van der Waals surface area contributed by atoms with Crippen molar-refractivity contribution in [2.75, 3.05) is 26.2 Å². The fourth-order valence-corrected chi connectivity index (χ4v) is 3.68. The molecule has 1 aliphatic rings. The lowest BCUT2D eigenvalue weighted by Crippen LogP contribution is -2.62. The molecule has 1 heterocycles. The monoisotopic (exact) mass is 382 g/mol. The second-order valence-electron chi connectivity index (χ2n) is 7.62. The first-order chi connectivity index (χ1) is 13.6. The SMILES string of the molecule is O=C(CCc1ccccc1)N1CC[C@H](O)[C@@](O)(CNCCc2ccccc2)C1. The number of β-amino-alcohol motifs (C(OH)–C–C–N with tert-alkyl or cyclic N) is 1. The van der Waals surface area contributed by atoms with Gasteiger partial charge in [-0.1, -0.05) is 60.7 Å². The molecule has 3 rings (SSSR count). The summed E-state index contributed by atoms with van der Waals surface area (Å²) in [6.45, 7) is 1.63. The van der Waals surface area contributed by atoms with E-state index >= 15 is 0 Å². The summed E-state index contributed by atoms with van der Waals surface area (Å²) in [4.78, 5) is 14.3. The van der Waals surface area contributed by atoms with Gasteiger partial charge in [0.2, 0.25) is 5.91 Å². The number of amides is 1. The summed E-state index contributed by atoms with van der Waals surface area (Å²) in [6.07, 6.45) is 1.53. The zero-order valence-electron chi connectivity index (χ0n) is 16.3. The molecule has 1 saturated heterocycles. The Hall–Kier alpha value is -2.21. The molecule has 0 bridgehead atoms. The van der Waals surface area contributed by atoms with Gasteiger partial charge in [-0.3, -0.25) is 4.79 Å². The highest BCUT2D eigenvalue weighted by Crippen LogP contribution is 2.22. The van der Waals surface area contributed by atoms with E-state index in [1.165, 1.54) is 5.56 Å². The van der Waals surface area contributed by atoms with Crippen molar-refractivity contribution < 1.29 is 15.0 Å². The van der Waals surface area contributed by atoms with Gasteiger partial charge in [0.15, 0.2) is 0 Å². The van der Waals surface area contributed by atoms with E-state index in [2.05, 4.69) is 17.4 Å². The maximum atomic E-state index is 12.6. The summed E-state index contributed by atoms with van der Waals surface area (Å²) in [5, 5.41) is 24.5. The van der Waals surface area contributed by atoms with Gasteiger partial charge >= 0.3 is 0 Å². The molecule has 3 N–H and O–H groups in total. The van der Waals surface area contributed by atoms with Gasteiger partial charge in [0, 0.05) is 19.5 Å². The van der Waals surface area contributed by atoms with Gasteiger partial charge < -0.3 is 20.4 Å². The van der Waals surface area contributed by atoms with Crippen LogP contribution in [-0.2, 0) is 17.6 Å². The van der Waals surface area contributed by atoms with Crippen LogP contribution >= 0.6 is 0 Å². The number of nitrogens with one attached hydrogen (secondary N) is 1. The van der Waals surface area contributed by atoms with Gasteiger partial charge in [0.1, 0.15) is 5.60 Å². The normalized spacial score (nSPS) is 22.2. The Morgan fingerprint density at radius 1 is 1.04 bits per heavy atom. The molecular weight excluding hydrogens is 352 g/mol. The number of benzene rings is 2. The predicted octanol–water partition coefficient (Wildman–Crippen LogP) is 1.78. The number of nitrogens with zero attached hydrogens (tertiary/aromatic N) is 1. The predicted molar refractivity (Wildman–Crippen MR) is 110 cm³/mol. The zero-order chi connectivity index (χ0) is 19.8. The minimum atomic E-state index is -1.31. The minimum Gasteiger partial charge on any atom is -0.390 e. The number of aryl methyl sites for hydroxylation is 1. The number of rotatable bonds is 8. The average molecular weight is 383 g/mol. The van der Waals surface area contributed by atoms with Crippen LogP contribution in [0.5, 0.6) is 0 Å².